The van der Waals surface area contributed by atoms with Gasteiger partial charge in [-0.25, -0.2) is 15.3 Å². The maximum Gasteiger partial charge on any atom is 0.814 e. The molecule has 13 heavy (non-hydrogen) atoms. The molecular weight excluding hydrogens is 178 g/mol. The maximum atomic E-state index is 10.4. The molecule has 0 aliphatic carbocycles. The van der Waals surface area contributed by atoms with E-state index < -0.39 is 15.8 Å². The number of pyridine rings is 1. The van der Waals surface area contributed by atoms with Crippen molar-refractivity contribution in [3.63, 3.8) is 0 Å². The molecule has 0 spiro atoms. The van der Waals surface area contributed by atoms with Crippen molar-refractivity contribution in [3.8, 4) is 0 Å². The van der Waals surface area contributed by atoms with Crippen LogP contribution in [0, 0.1) is 15.3 Å². The molecule has 0 aliphatic rings. The summed E-state index contributed by atoms with van der Waals surface area (Å²) in [6.07, 6.45) is 2.55. The Morgan fingerprint density at radius 3 is 2.15 bits per heavy atom. The molecule has 1 N–H and O–H groups in total. The van der Waals surface area contributed by atoms with Crippen LogP contribution in [0.25, 0.3) is 0 Å². The molecule has 0 bridgehead atoms. The minimum Gasteiger partial charge on any atom is -0.407 e. The van der Waals surface area contributed by atoms with Crippen LogP contribution in [0.4, 0.5) is 0 Å². The zero-order chi connectivity index (χ0) is 9.84. The zero-order valence-electron chi connectivity index (χ0n) is 6.40. The van der Waals surface area contributed by atoms with Crippen molar-refractivity contribution in [1.29, 1.82) is 0 Å². The minimum atomic E-state index is -0.979. The molecule has 68 valence electrons. The SMILES string of the molecule is O=[N+]([O-])/C(=[N+](/[O-])O)[n+]1ccccc1. The topological polar surface area (TPSA) is 93.3 Å². The summed E-state index contributed by atoms with van der Waals surface area (Å²) in [5, 5.41) is 29.1. The van der Waals surface area contributed by atoms with E-state index in [0.29, 0.717) is 0 Å². The number of hydrogen-bond donors (Lipinski definition) is 1. The normalized spacial score (nSPS) is 12.0. The predicted octanol–water partition coefficient (Wildman–Crippen LogP) is -0.646. The Bertz CT molecular complexity index is 344. The number of rotatable bonds is 0. The summed E-state index contributed by atoms with van der Waals surface area (Å²) in [7, 11) is 0. The van der Waals surface area contributed by atoms with Crippen molar-refractivity contribution in [1.82, 2.24) is 0 Å². The molecule has 1 aromatic rings. The van der Waals surface area contributed by atoms with E-state index in [0.717, 1.165) is 4.57 Å². The van der Waals surface area contributed by atoms with Crippen molar-refractivity contribution < 1.29 is 19.6 Å². The fraction of sp³-hybridized carbons (Fsp3) is 0. The van der Waals surface area contributed by atoms with E-state index >= 15 is 0 Å². The van der Waals surface area contributed by atoms with Gasteiger partial charge in [0.25, 0.3) is 0 Å². The van der Waals surface area contributed by atoms with Crippen LogP contribution in [0.2, 0.25) is 0 Å². The monoisotopic (exact) mass is 184 g/mol. The summed E-state index contributed by atoms with van der Waals surface area (Å²) in [5.41, 5.74) is 0. The first-order chi connectivity index (χ1) is 6.13. The fourth-order valence-electron chi connectivity index (χ4n) is 0.795. The highest BCUT2D eigenvalue weighted by atomic mass is 16.8. The van der Waals surface area contributed by atoms with Gasteiger partial charge in [0.05, 0.1) is 0 Å². The van der Waals surface area contributed by atoms with Crippen LogP contribution in [0.3, 0.4) is 0 Å². The number of nitro groups is 1. The summed E-state index contributed by atoms with van der Waals surface area (Å²) >= 11 is 0. The van der Waals surface area contributed by atoms with Gasteiger partial charge in [0.15, 0.2) is 17.3 Å². The molecule has 7 heteroatoms. The van der Waals surface area contributed by atoms with Gasteiger partial charge in [0.2, 0.25) is 4.92 Å². The molecule has 0 unspecified atom stereocenters. The van der Waals surface area contributed by atoms with Crippen molar-refractivity contribution in [3.05, 3.63) is 45.9 Å². The van der Waals surface area contributed by atoms with E-state index in [1.54, 1.807) is 6.07 Å². The van der Waals surface area contributed by atoms with Gasteiger partial charge in [0.1, 0.15) is 0 Å². The van der Waals surface area contributed by atoms with Crippen LogP contribution in [0.15, 0.2) is 30.6 Å². The largest absolute Gasteiger partial charge is 0.814 e. The molecule has 7 nitrogen and oxygen atoms in total. The first-order valence-electron chi connectivity index (χ1n) is 3.27. The second-order valence-electron chi connectivity index (χ2n) is 2.11. The van der Waals surface area contributed by atoms with Crippen molar-refractivity contribution >= 4 is 5.96 Å². The zero-order valence-corrected chi connectivity index (χ0v) is 6.40. The average molecular weight is 184 g/mol. The third kappa shape index (κ3) is 1.89. The van der Waals surface area contributed by atoms with Gasteiger partial charge >= 0.3 is 5.96 Å². The van der Waals surface area contributed by atoms with Gasteiger partial charge < -0.3 is 5.21 Å². The summed E-state index contributed by atoms with van der Waals surface area (Å²) in [6, 6.07) is 4.61. The van der Waals surface area contributed by atoms with Gasteiger partial charge in [-0.1, -0.05) is 6.07 Å². The van der Waals surface area contributed by atoms with E-state index in [2.05, 4.69) is 0 Å². The molecule has 1 rings (SSSR count). The third-order valence-electron chi connectivity index (χ3n) is 1.28. The van der Waals surface area contributed by atoms with Gasteiger partial charge in [-0.15, -0.1) is 0 Å². The molecular formula is C6H6N3O4+. The summed E-state index contributed by atoms with van der Waals surface area (Å²) in [5.74, 6) is -0.972. The quantitative estimate of drug-likeness (QED) is 0.110. The molecule has 0 fully saturated rings. The highest BCUT2D eigenvalue weighted by Crippen LogP contribution is 1.79. The highest BCUT2D eigenvalue weighted by molar-refractivity contribution is 5.54. The van der Waals surface area contributed by atoms with Crippen molar-refractivity contribution in [2.24, 2.45) is 0 Å². The van der Waals surface area contributed by atoms with Crippen LogP contribution in [-0.4, -0.2) is 21.0 Å². The van der Waals surface area contributed by atoms with Gasteiger partial charge in [0, 0.05) is 12.1 Å². The van der Waals surface area contributed by atoms with Crippen LogP contribution >= 0.6 is 0 Å². The first kappa shape index (κ1) is 8.91. The van der Waals surface area contributed by atoms with E-state index in [1.807, 2.05) is 0 Å². The smallest absolute Gasteiger partial charge is 0.407 e. The molecule has 0 amide bonds. The average Bonchev–Trinajstić information content (AvgIpc) is 2.04. The molecule has 0 aromatic carbocycles. The second-order valence-corrected chi connectivity index (χ2v) is 2.11. The lowest BCUT2D eigenvalue weighted by Crippen LogP contribution is -2.51. The lowest BCUT2D eigenvalue weighted by molar-refractivity contribution is -0.808. The van der Waals surface area contributed by atoms with E-state index in [9.17, 15) is 15.3 Å². The Labute approximate surface area is 72.5 Å². The molecule has 0 radical (unpaired) electrons. The van der Waals surface area contributed by atoms with Crippen LogP contribution in [-0.2, 0) is 0 Å². The Balaban J connectivity index is 3.20. The first-order valence-corrected chi connectivity index (χ1v) is 3.27. The Morgan fingerprint density at radius 2 is 1.77 bits per heavy atom. The lowest BCUT2D eigenvalue weighted by Gasteiger charge is -1.86. The summed E-state index contributed by atoms with van der Waals surface area (Å²) in [6.45, 7) is 0. The number of nitrogens with zero attached hydrogens (tertiary/aromatic N) is 3. The Morgan fingerprint density at radius 1 is 1.23 bits per heavy atom. The van der Waals surface area contributed by atoms with E-state index in [-0.39, 0.29) is 0 Å². The van der Waals surface area contributed by atoms with Crippen molar-refractivity contribution in [2.45, 2.75) is 0 Å². The van der Waals surface area contributed by atoms with Gasteiger partial charge in [-0.3, -0.25) is 0 Å². The Hall–Kier alpha value is -2.18. The highest BCUT2D eigenvalue weighted by Gasteiger charge is 2.38. The van der Waals surface area contributed by atoms with Crippen molar-refractivity contribution in [2.75, 3.05) is 0 Å². The van der Waals surface area contributed by atoms with Gasteiger partial charge in [-0.05, 0) is 4.57 Å². The molecule has 0 saturated heterocycles. The van der Waals surface area contributed by atoms with Crippen LogP contribution in [0.1, 0.15) is 0 Å². The molecule has 1 aromatic heterocycles. The van der Waals surface area contributed by atoms with Crippen LogP contribution in [0.5, 0.6) is 0 Å². The standard InChI is InChI=1S/C6H6N3O4/c10-8(11)6(9(12)13)7-4-2-1-3-5-7/h1-5H,(H,10,11)/q+1. The molecule has 0 aliphatic heterocycles. The third-order valence-corrected chi connectivity index (χ3v) is 1.28. The fourth-order valence-corrected chi connectivity index (χ4v) is 0.795. The van der Waals surface area contributed by atoms with E-state index in [1.165, 1.54) is 24.5 Å². The second kappa shape index (κ2) is 3.48. The van der Waals surface area contributed by atoms with Gasteiger partial charge in [-0.2, -0.15) is 0 Å². The molecule has 0 atom stereocenters. The summed E-state index contributed by atoms with van der Waals surface area (Å²) < 4.78 is 0.896. The summed E-state index contributed by atoms with van der Waals surface area (Å²) in [4.78, 5) is 8.52. The molecule has 0 saturated carbocycles. The number of aromatic nitrogens is 1. The van der Waals surface area contributed by atoms with E-state index in [4.69, 9.17) is 5.21 Å². The minimum absolute atomic E-state index is 0.792. The molecule has 1 heterocycles. The maximum absolute atomic E-state index is 10.4. The van der Waals surface area contributed by atoms with Crippen LogP contribution < -0.4 is 4.57 Å². The lowest BCUT2D eigenvalue weighted by atomic mass is 10.5. The number of hydrogen-bond acceptors (Lipinski definition) is 4. The predicted molar refractivity (Wildman–Crippen MR) is 39.5 cm³/mol. The Kier molecular flexibility index (Phi) is 2.38.